The summed E-state index contributed by atoms with van der Waals surface area (Å²) in [5.41, 5.74) is 0.438. The Hall–Kier alpha value is -0.180. The number of hydrogen-bond donors (Lipinski definition) is 1. The van der Waals surface area contributed by atoms with Crippen LogP contribution in [0.3, 0.4) is 0 Å². The fourth-order valence-electron chi connectivity index (χ4n) is 0.947. The Labute approximate surface area is 105 Å². The van der Waals surface area contributed by atoms with Gasteiger partial charge in [-0.2, -0.15) is 0 Å². The molecule has 1 N–H and O–H groups in total. The topological polar surface area (TPSA) is 29.1 Å². The largest absolute Gasteiger partial charge is 0.355 e. The summed E-state index contributed by atoms with van der Waals surface area (Å²) < 4.78 is 0. The first-order valence-corrected chi connectivity index (χ1v) is 6.95. The molecular weight excluding hydrogens is 218 g/mol. The van der Waals surface area contributed by atoms with Gasteiger partial charge in [-0.05, 0) is 23.5 Å². The molecule has 0 aromatic rings. The molecule has 0 aliphatic heterocycles. The van der Waals surface area contributed by atoms with Crippen LogP contribution in [0.1, 0.15) is 48.5 Å². The van der Waals surface area contributed by atoms with Gasteiger partial charge in [-0.3, -0.25) is 4.79 Å². The molecular formula is C13H27NOS. The van der Waals surface area contributed by atoms with Crippen molar-refractivity contribution >= 4 is 17.7 Å². The molecule has 0 aromatic carbocycles. The second-order valence-electron chi connectivity index (χ2n) is 6.79. The molecule has 0 fully saturated rings. The summed E-state index contributed by atoms with van der Waals surface area (Å²) in [4.78, 5) is 11.8. The van der Waals surface area contributed by atoms with Gasteiger partial charge in [0.25, 0.3) is 0 Å². The van der Waals surface area contributed by atoms with Crippen molar-refractivity contribution in [2.75, 3.05) is 12.3 Å². The van der Waals surface area contributed by atoms with Crippen LogP contribution in [0.25, 0.3) is 0 Å². The molecule has 3 heteroatoms. The molecule has 1 amide bonds. The fraction of sp³-hybridized carbons (Fsp3) is 0.923. The second-order valence-corrected chi connectivity index (χ2v) is 8.12. The van der Waals surface area contributed by atoms with Crippen molar-refractivity contribution in [3.05, 3.63) is 0 Å². The molecule has 0 rings (SSSR count). The summed E-state index contributed by atoms with van der Waals surface area (Å²) in [6, 6.07) is 0. The van der Waals surface area contributed by atoms with Gasteiger partial charge in [0.2, 0.25) is 5.91 Å². The Kier molecular flexibility index (Phi) is 5.88. The van der Waals surface area contributed by atoms with Gasteiger partial charge in [-0.15, -0.1) is 11.8 Å². The Balaban J connectivity index is 3.92. The van der Waals surface area contributed by atoms with Crippen LogP contribution >= 0.6 is 11.8 Å². The molecule has 0 spiro atoms. The molecule has 0 aliphatic carbocycles. The van der Waals surface area contributed by atoms with Crippen LogP contribution in [0.4, 0.5) is 0 Å². The van der Waals surface area contributed by atoms with Gasteiger partial charge in [-0.25, -0.2) is 0 Å². The number of carbonyl (C=O) groups excluding carboxylic acids is 1. The van der Waals surface area contributed by atoms with E-state index in [9.17, 15) is 4.79 Å². The molecule has 0 heterocycles. The first kappa shape index (κ1) is 15.8. The number of thioether (sulfide) groups is 1. The third kappa shape index (κ3) is 9.08. The lowest BCUT2D eigenvalue weighted by Crippen LogP contribution is -2.37. The molecule has 2 nitrogen and oxygen atoms in total. The molecule has 96 valence electrons. The molecule has 0 unspecified atom stereocenters. The van der Waals surface area contributed by atoms with Crippen molar-refractivity contribution in [2.24, 2.45) is 10.8 Å². The normalized spacial score (nSPS) is 14.7. The summed E-state index contributed by atoms with van der Waals surface area (Å²) in [5.74, 6) is 1.17. The monoisotopic (exact) mass is 245 g/mol. The lowest BCUT2D eigenvalue weighted by molar-refractivity contribution is -0.120. The molecule has 0 saturated carbocycles. The van der Waals surface area contributed by atoms with Crippen LogP contribution in [0.15, 0.2) is 0 Å². The molecule has 0 radical (unpaired) electrons. The smallest absolute Gasteiger partial charge is 0.232 e. The lowest BCUT2D eigenvalue weighted by atomic mass is 9.97. The average molecular weight is 245 g/mol. The number of hydrogen-bond acceptors (Lipinski definition) is 2. The zero-order chi connectivity index (χ0) is 13.0. The molecule has 1 atom stereocenters. The van der Waals surface area contributed by atoms with E-state index in [0.29, 0.717) is 0 Å². The Morgan fingerprint density at radius 1 is 1.12 bits per heavy atom. The highest BCUT2D eigenvalue weighted by Gasteiger charge is 2.19. The van der Waals surface area contributed by atoms with Gasteiger partial charge in [-0.1, -0.05) is 41.5 Å². The average Bonchev–Trinajstić information content (AvgIpc) is 2.07. The summed E-state index contributed by atoms with van der Waals surface area (Å²) in [6.07, 6.45) is 0. The molecule has 0 bridgehead atoms. The number of rotatable bonds is 4. The molecule has 0 saturated heterocycles. The minimum atomic E-state index is 0.0431. The van der Waals surface area contributed by atoms with Crippen LogP contribution in [0.5, 0.6) is 0 Å². The summed E-state index contributed by atoms with van der Waals surface area (Å²) >= 11 is 1.73. The van der Waals surface area contributed by atoms with E-state index in [-0.39, 0.29) is 22.0 Å². The number of amides is 1. The second kappa shape index (κ2) is 5.95. The first-order chi connectivity index (χ1) is 7.01. The maximum Gasteiger partial charge on any atom is 0.232 e. The Morgan fingerprint density at radius 3 is 2.00 bits per heavy atom. The molecule has 0 aliphatic rings. The predicted molar refractivity (Wildman–Crippen MR) is 73.8 cm³/mol. The van der Waals surface area contributed by atoms with Gasteiger partial charge in [0, 0.05) is 6.54 Å². The van der Waals surface area contributed by atoms with Gasteiger partial charge in [0.15, 0.2) is 0 Å². The van der Waals surface area contributed by atoms with E-state index < -0.39 is 0 Å². The summed E-state index contributed by atoms with van der Waals surface area (Å²) in [7, 11) is 0. The highest BCUT2D eigenvalue weighted by Crippen LogP contribution is 2.23. The zero-order valence-electron chi connectivity index (χ0n) is 11.8. The Bertz CT molecular complexity index is 225. The van der Waals surface area contributed by atoms with E-state index in [2.05, 4.69) is 46.9 Å². The minimum Gasteiger partial charge on any atom is -0.355 e. The lowest BCUT2D eigenvalue weighted by Gasteiger charge is -2.22. The maximum absolute atomic E-state index is 11.8. The summed E-state index contributed by atoms with van der Waals surface area (Å²) in [5, 5.41) is 3.04. The zero-order valence-corrected chi connectivity index (χ0v) is 12.6. The van der Waals surface area contributed by atoms with E-state index >= 15 is 0 Å². The molecule has 16 heavy (non-hydrogen) atoms. The van der Waals surface area contributed by atoms with Gasteiger partial charge < -0.3 is 5.32 Å². The van der Waals surface area contributed by atoms with E-state index in [1.165, 1.54) is 0 Å². The highest BCUT2D eigenvalue weighted by molar-refractivity contribution is 8.00. The van der Waals surface area contributed by atoms with Gasteiger partial charge in [0.05, 0.1) is 5.25 Å². The number of nitrogens with one attached hydrogen (secondary N) is 1. The van der Waals surface area contributed by atoms with Gasteiger partial charge in [0.1, 0.15) is 0 Å². The summed E-state index contributed by atoms with van der Waals surface area (Å²) in [6.45, 7) is 15.7. The van der Waals surface area contributed by atoms with E-state index in [0.717, 1.165) is 12.3 Å². The van der Waals surface area contributed by atoms with E-state index in [1.54, 1.807) is 11.8 Å². The van der Waals surface area contributed by atoms with Gasteiger partial charge >= 0.3 is 0 Å². The van der Waals surface area contributed by atoms with Crippen molar-refractivity contribution in [1.29, 1.82) is 0 Å². The SMILES string of the molecule is C[C@H](SCC(C)(C)C)C(=O)NCC(C)(C)C. The Morgan fingerprint density at radius 2 is 1.62 bits per heavy atom. The van der Waals surface area contributed by atoms with Crippen LogP contribution in [0.2, 0.25) is 0 Å². The quantitative estimate of drug-likeness (QED) is 0.823. The van der Waals surface area contributed by atoms with Crippen molar-refractivity contribution in [3.63, 3.8) is 0 Å². The van der Waals surface area contributed by atoms with Crippen molar-refractivity contribution in [3.8, 4) is 0 Å². The third-order valence-electron chi connectivity index (χ3n) is 1.93. The minimum absolute atomic E-state index is 0.0431. The van der Waals surface area contributed by atoms with E-state index in [4.69, 9.17) is 0 Å². The molecule has 0 aromatic heterocycles. The predicted octanol–water partition coefficient (Wildman–Crippen LogP) is 3.32. The van der Waals surface area contributed by atoms with Crippen molar-refractivity contribution < 1.29 is 4.79 Å². The highest BCUT2D eigenvalue weighted by atomic mass is 32.2. The van der Waals surface area contributed by atoms with Crippen LogP contribution in [-0.4, -0.2) is 23.5 Å². The third-order valence-corrected chi connectivity index (χ3v) is 3.68. The van der Waals surface area contributed by atoms with Crippen LogP contribution in [0, 0.1) is 10.8 Å². The van der Waals surface area contributed by atoms with Crippen LogP contribution < -0.4 is 5.32 Å². The van der Waals surface area contributed by atoms with Crippen LogP contribution in [-0.2, 0) is 4.79 Å². The number of carbonyl (C=O) groups is 1. The standard InChI is InChI=1S/C13H27NOS/c1-10(16-9-13(5,6)7)11(15)14-8-12(2,3)4/h10H,8-9H2,1-7H3,(H,14,15)/t10-/m0/s1. The fourth-order valence-corrected chi connectivity index (χ4v) is 1.93. The van der Waals surface area contributed by atoms with Crippen molar-refractivity contribution in [2.45, 2.75) is 53.7 Å². The first-order valence-electron chi connectivity index (χ1n) is 5.91. The van der Waals surface area contributed by atoms with E-state index in [1.807, 2.05) is 6.92 Å². The maximum atomic E-state index is 11.8. The van der Waals surface area contributed by atoms with Crippen molar-refractivity contribution in [1.82, 2.24) is 5.32 Å².